The SMILES string of the molecule is COc1ccc([C@H]2C3=CCn4c(=O)n(-c5ccccc5)c(=O)n4[C@@H]3CC3=C2C(=O)C(I)=CC3=O)c(O)c1. The summed E-state index contributed by atoms with van der Waals surface area (Å²) in [5, 5.41) is 10.9. The number of Topliss-reactive ketones (excluding diaryl/α,β-unsaturated/α-hetero) is 1. The fraction of sp³-hybridized carbons (Fsp3) is 0.185. The van der Waals surface area contributed by atoms with Gasteiger partial charge in [0.25, 0.3) is 0 Å². The molecular formula is C27H20IN3O6. The summed E-state index contributed by atoms with van der Waals surface area (Å²) in [6.45, 7) is 0.102. The smallest absolute Gasteiger partial charge is 0.352 e. The third-order valence-electron chi connectivity index (χ3n) is 7.16. The molecule has 2 heterocycles. The van der Waals surface area contributed by atoms with E-state index in [0.29, 0.717) is 31.7 Å². The molecule has 0 spiro atoms. The molecule has 0 bridgehead atoms. The average Bonchev–Trinajstić information content (AvgIpc) is 3.16. The van der Waals surface area contributed by atoms with Crippen molar-refractivity contribution in [2.45, 2.75) is 24.9 Å². The number of phenols is 1. The van der Waals surface area contributed by atoms with Gasteiger partial charge in [-0.15, -0.1) is 0 Å². The molecule has 186 valence electrons. The Labute approximate surface area is 223 Å². The van der Waals surface area contributed by atoms with Crippen LogP contribution in [0.2, 0.25) is 0 Å². The second-order valence-electron chi connectivity index (χ2n) is 9.02. The molecule has 3 aromatic rings. The van der Waals surface area contributed by atoms with E-state index in [9.17, 15) is 24.3 Å². The van der Waals surface area contributed by atoms with Crippen LogP contribution in [0.15, 0.2) is 90.6 Å². The third-order valence-corrected chi connectivity index (χ3v) is 7.97. The number of allylic oxidation sites excluding steroid dienone is 6. The summed E-state index contributed by atoms with van der Waals surface area (Å²) in [5.41, 5.74) is 1.10. The number of nitrogens with zero attached hydrogens (tertiary/aromatic N) is 3. The summed E-state index contributed by atoms with van der Waals surface area (Å²) >= 11 is 1.85. The Morgan fingerprint density at radius 2 is 1.78 bits per heavy atom. The number of rotatable bonds is 3. The normalized spacial score (nSPS) is 20.6. The highest BCUT2D eigenvalue weighted by Crippen LogP contribution is 2.52. The van der Waals surface area contributed by atoms with Crippen molar-refractivity contribution in [3.8, 4) is 17.2 Å². The predicted molar refractivity (Wildman–Crippen MR) is 143 cm³/mol. The zero-order valence-corrected chi connectivity index (χ0v) is 21.7. The lowest BCUT2D eigenvalue weighted by molar-refractivity contribution is -0.115. The van der Waals surface area contributed by atoms with Crippen molar-refractivity contribution >= 4 is 34.2 Å². The number of ketones is 2. The molecule has 0 unspecified atom stereocenters. The van der Waals surface area contributed by atoms with Gasteiger partial charge in [-0.1, -0.05) is 30.3 Å². The van der Waals surface area contributed by atoms with Crippen LogP contribution in [0.3, 0.4) is 0 Å². The van der Waals surface area contributed by atoms with E-state index in [0.717, 1.165) is 4.57 Å². The van der Waals surface area contributed by atoms with Gasteiger partial charge in [-0.05, 0) is 46.4 Å². The third kappa shape index (κ3) is 3.42. The van der Waals surface area contributed by atoms with E-state index < -0.39 is 23.3 Å². The Hall–Kier alpha value is -3.93. The molecule has 9 nitrogen and oxygen atoms in total. The van der Waals surface area contributed by atoms with E-state index in [1.807, 2.05) is 28.7 Å². The molecule has 0 amide bonds. The van der Waals surface area contributed by atoms with E-state index in [4.69, 9.17) is 4.74 Å². The number of halogens is 1. The van der Waals surface area contributed by atoms with E-state index >= 15 is 0 Å². The molecule has 37 heavy (non-hydrogen) atoms. The van der Waals surface area contributed by atoms with Crippen LogP contribution in [0, 0.1) is 0 Å². The number of hydrogen-bond acceptors (Lipinski definition) is 6. The first kappa shape index (κ1) is 23.5. The largest absolute Gasteiger partial charge is 0.507 e. The van der Waals surface area contributed by atoms with E-state index in [1.165, 1.54) is 28.6 Å². The maximum Gasteiger partial charge on any atom is 0.352 e. The Balaban J connectivity index is 1.59. The lowest BCUT2D eigenvalue weighted by Gasteiger charge is -2.39. The topological polar surface area (TPSA) is 113 Å². The molecule has 0 radical (unpaired) electrons. The molecule has 10 heteroatoms. The number of hydrogen-bond donors (Lipinski definition) is 1. The fourth-order valence-corrected chi connectivity index (χ4v) is 6.09. The number of para-hydroxylation sites is 1. The lowest BCUT2D eigenvalue weighted by atomic mass is 9.68. The van der Waals surface area contributed by atoms with Crippen molar-refractivity contribution in [1.82, 2.24) is 13.9 Å². The van der Waals surface area contributed by atoms with Crippen LogP contribution in [0.5, 0.6) is 11.5 Å². The molecule has 3 aliphatic rings. The van der Waals surface area contributed by atoms with E-state index in [2.05, 4.69) is 0 Å². The summed E-state index contributed by atoms with van der Waals surface area (Å²) in [5.74, 6) is -1.03. The zero-order chi connectivity index (χ0) is 26.0. The Bertz CT molecular complexity index is 1720. The van der Waals surface area contributed by atoms with Gasteiger partial charge in [0, 0.05) is 41.2 Å². The van der Waals surface area contributed by atoms with E-state index in [-0.39, 0.29) is 35.9 Å². The summed E-state index contributed by atoms with van der Waals surface area (Å²) in [4.78, 5) is 53.5. The van der Waals surface area contributed by atoms with Crippen molar-refractivity contribution < 1.29 is 19.4 Å². The molecule has 0 fully saturated rings. The van der Waals surface area contributed by atoms with Gasteiger partial charge in [0.05, 0.1) is 29.0 Å². The number of aromatic nitrogens is 3. The summed E-state index contributed by atoms with van der Waals surface area (Å²) in [6, 6.07) is 12.7. The van der Waals surface area contributed by atoms with Gasteiger partial charge < -0.3 is 9.84 Å². The number of ether oxygens (including phenoxy) is 1. The molecule has 0 saturated carbocycles. The van der Waals surface area contributed by atoms with Gasteiger partial charge in [-0.3, -0.25) is 9.59 Å². The maximum atomic E-state index is 13.7. The number of methoxy groups -OCH3 is 1. The highest BCUT2D eigenvalue weighted by molar-refractivity contribution is 14.1. The van der Waals surface area contributed by atoms with Gasteiger partial charge in [0.2, 0.25) is 0 Å². The van der Waals surface area contributed by atoms with Crippen LogP contribution in [0.25, 0.3) is 5.69 Å². The highest BCUT2D eigenvalue weighted by atomic mass is 127. The quantitative estimate of drug-likeness (QED) is 0.278. The van der Waals surface area contributed by atoms with Crippen LogP contribution in [-0.4, -0.2) is 37.7 Å². The number of aromatic hydroxyl groups is 1. The second-order valence-corrected chi connectivity index (χ2v) is 10.2. The van der Waals surface area contributed by atoms with Crippen LogP contribution in [0.1, 0.15) is 23.9 Å². The molecule has 6 rings (SSSR count). The van der Waals surface area contributed by atoms with Crippen LogP contribution >= 0.6 is 22.6 Å². The Morgan fingerprint density at radius 3 is 2.49 bits per heavy atom. The minimum absolute atomic E-state index is 0.0811. The van der Waals surface area contributed by atoms with Gasteiger partial charge >= 0.3 is 11.4 Å². The Kier molecular flexibility index (Phi) is 5.44. The maximum absolute atomic E-state index is 13.7. The molecule has 1 aliphatic heterocycles. The lowest BCUT2D eigenvalue weighted by Crippen LogP contribution is -2.40. The average molecular weight is 609 g/mol. The van der Waals surface area contributed by atoms with Gasteiger partial charge in [-0.25, -0.2) is 23.5 Å². The molecule has 2 atom stereocenters. The predicted octanol–water partition coefficient (Wildman–Crippen LogP) is 2.95. The molecular weight excluding hydrogens is 589 g/mol. The number of phenolic OH excluding ortho intramolecular Hbond substituents is 1. The fourth-order valence-electron chi connectivity index (χ4n) is 5.52. The number of fused-ring (bicyclic) bond motifs is 3. The van der Waals surface area contributed by atoms with Crippen molar-refractivity contribution in [3.63, 3.8) is 0 Å². The van der Waals surface area contributed by atoms with Crippen molar-refractivity contribution in [1.29, 1.82) is 0 Å². The number of carbonyl (C=O) groups excluding carboxylic acids is 2. The standard InChI is InChI=1S/C27H20IN3O6/c1-37-15-7-8-17(21(32)11-15)23-16-9-10-29-26(35)30(14-5-3-2-4-6-14)27(36)31(29)20(16)12-18-22(33)13-19(28)25(34)24(18)23/h2-9,11,13,20,23,32H,10,12H2,1H3/t20-,23-/m1/s1. The second kappa shape index (κ2) is 8.58. The first-order valence-electron chi connectivity index (χ1n) is 11.6. The van der Waals surface area contributed by atoms with Gasteiger partial charge in [0.1, 0.15) is 11.5 Å². The summed E-state index contributed by atoms with van der Waals surface area (Å²) in [6.07, 6.45) is 3.20. The Morgan fingerprint density at radius 1 is 1.03 bits per heavy atom. The highest BCUT2D eigenvalue weighted by Gasteiger charge is 2.45. The van der Waals surface area contributed by atoms with Crippen LogP contribution in [0.4, 0.5) is 0 Å². The minimum atomic E-state index is -0.773. The minimum Gasteiger partial charge on any atom is -0.507 e. The summed E-state index contributed by atoms with van der Waals surface area (Å²) < 4.78 is 9.35. The van der Waals surface area contributed by atoms with E-state index in [1.54, 1.807) is 42.5 Å². The number of benzene rings is 2. The number of carbonyl (C=O) groups is 2. The van der Waals surface area contributed by atoms with Gasteiger partial charge in [0.15, 0.2) is 11.6 Å². The molecule has 2 aliphatic carbocycles. The summed E-state index contributed by atoms with van der Waals surface area (Å²) in [7, 11) is 1.48. The zero-order valence-electron chi connectivity index (χ0n) is 19.6. The molecule has 1 aromatic heterocycles. The van der Waals surface area contributed by atoms with Crippen molar-refractivity contribution in [2.24, 2.45) is 0 Å². The van der Waals surface area contributed by atoms with Crippen molar-refractivity contribution in [2.75, 3.05) is 7.11 Å². The molecule has 1 N–H and O–H groups in total. The first-order chi connectivity index (χ1) is 17.8. The van der Waals surface area contributed by atoms with Crippen LogP contribution in [-0.2, 0) is 16.1 Å². The van der Waals surface area contributed by atoms with Crippen molar-refractivity contribution in [3.05, 3.63) is 108 Å². The monoisotopic (exact) mass is 609 g/mol. The molecule has 2 aromatic carbocycles. The van der Waals surface area contributed by atoms with Crippen LogP contribution < -0.4 is 16.1 Å². The first-order valence-corrected chi connectivity index (χ1v) is 12.7. The molecule has 0 saturated heterocycles. The van der Waals surface area contributed by atoms with Gasteiger partial charge in [-0.2, -0.15) is 0 Å².